The van der Waals surface area contributed by atoms with Gasteiger partial charge in [0.05, 0.1) is 18.6 Å². The number of hydrogen-bond donors (Lipinski definition) is 0. The predicted molar refractivity (Wildman–Crippen MR) is 119 cm³/mol. The maximum Gasteiger partial charge on any atom is 0.191 e. The molecule has 0 atom stereocenters. The first-order valence-corrected chi connectivity index (χ1v) is 11.2. The van der Waals surface area contributed by atoms with Crippen LogP contribution in [0.5, 0.6) is 11.5 Å². The van der Waals surface area contributed by atoms with Gasteiger partial charge in [-0.15, -0.1) is 10.2 Å². The zero-order valence-electron chi connectivity index (χ0n) is 17.8. The van der Waals surface area contributed by atoms with E-state index >= 15 is 0 Å². The lowest BCUT2D eigenvalue weighted by Gasteiger charge is -2.20. The molecular formula is C23H22N4O4S. The monoisotopic (exact) mass is 450 g/mol. The smallest absolute Gasteiger partial charge is 0.191 e. The van der Waals surface area contributed by atoms with Gasteiger partial charge in [0.1, 0.15) is 25.3 Å². The summed E-state index contributed by atoms with van der Waals surface area (Å²) in [5.41, 5.74) is 3.51. The lowest BCUT2D eigenvalue weighted by Crippen LogP contribution is -2.15. The van der Waals surface area contributed by atoms with Crippen molar-refractivity contribution in [1.82, 2.24) is 19.3 Å². The van der Waals surface area contributed by atoms with Gasteiger partial charge >= 0.3 is 0 Å². The molecule has 0 fully saturated rings. The highest BCUT2D eigenvalue weighted by molar-refractivity contribution is 7.99. The van der Waals surface area contributed by atoms with Crippen LogP contribution in [0.4, 0.5) is 0 Å². The molecule has 0 amide bonds. The molecule has 0 saturated carbocycles. The fraction of sp³-hybridized carbons (Fsp3) is 0.261. The number of rotatable bonds is 7. The van der Waals surface area contributed by atoms with E-state index in [1.165, 1.54) is 11.8 Å². The highest BCUT2D eigenvalue weighted by atomic mass is 32.2. The summed E-state index contributed by atoms with van der Waals surface area (Å²) in [4.78, 5) is 13.1. The Hall–Kier alpha value is -3.46. The molecule has 0 radical (unpaired) electrons. The van der Waals surface area contributed by atoms with E-state index in [0.29, 0.717) is 30.5 Å². The van der Waals surface area contributed by atoms with Crippen molar-refractivity contribution in [1.29, 1.82) is 0 Å². The number of furan rings is 1. The van der Waals surface area contributed by atoms with Gasteiger partial charge in [-0.3, -0.25) is 4.79 Å². The molecular weight excluding hydrogens is 428 g/mol. The Morgan fingerprint density at radius 3 is 2.78 bits per heavy atom. The van der Waals surface area contributed by atoms with Gasteiger partial charge in [0, 0.05) is 28.7 Å². The molecule has 0 unspecified atom stereocenters. The molecule has 4 aromatic rings. The maximum atomic E-state index is 13.1. The van der Waals surface area contributed by atoms with Crippen LogP contribution in [0.2, 0.25) is 0 Å². The summed E-state index contributed by atoms with van der Waals surface area (Å²) in [6, 6.07) is 11.5. The highest BCUT2D eigenvalue weighted by Gasteiger charge is 2.20. The van der Waals surface area contributed by atoms with Crippen LogP contribution in [-0.2, 0) is 6.54 Å². The Morgan fingerprint density at radius 2 is 1.97 bits per heavy atom. The molecule has 1 aliphatic rings. The number of ketones is 1. The Balaban J connectivity index is 1.33. The van der Waals surface area contributed by atoms with Crippen molar-refractivity contribution < 1.29 is 18.7 Å². The first-order chi connectivity index (χ1) is 15.6. The largest absolute Gasteiger partial charge is 0.486 e. The van der Waals surface area contributed by atoms with Crippen LogP contribution in [0.3, 0.4) is 0 Å². The number of aromatic nitrogens is 4. The van der Waals surface area contributed by atoms with Crippen LogP contribution in [0, 0.1) is 13.8 Å². The normalized spacial score (nSPS) is 12.8. The molecule has 4 heterocycles. The second kappa shape index (κ2) is 8.58. The minimum Gasteiger partial charge on any atom is -0.486 e. The number of ether oxygens (including phenoxy) is 2. The summed E-state index contributed by atoms with van der Waals surface area (Å²) in [5.74, 6) is 2.58. The molecule has 0 saturated heterocycles. The Kier molecular flexibility index (Phi) is 5.48. The fourth-order valence-electron chi connectivity index (χ4n) is 3.86. The predicted octanol–water partition coefficient (Wildman–Crippen LogP) is 4.07. The molecule has 0 spiro atoms. The number of nitrogens with zero attached hydrogens (tertiary/aromatic N) is 4. The minimum atomic E-state index is 0.0411. The number of thioether (sulfide) groups is 1. The number of hydrogen-bond acceptors (Lipinski definition) is 7. The third-order valence-electron chi connectivity index (χ3n) is 5.33. The van der Waals surface area contributed by atoms with Gasteiger partial charge in [-0.1, -0.05) is 11.8 Å². The average molecular weight is 451 g/mol. The van der Waals surface area contributed by atoms with Gasteiger partial charge in [0.25, 0.3) is 0 Å². The van der Waals surface area contributed by atoms with E-state index in [0.717, 1.165) is 34.3 Å². The maximum absolute atomic E-state index is 13.1. The SMILES string of the molecule is Cc1cc(C(=O)CSc2nncn2Cc2ccco2)c(C)n1-c1ccc2c(c1)OCCO2. The lowest BCUT2D eigenvalue weighted by molar-refractivity contribution is 0.102. The van der Waals surface area contributed by atoms with Crippen molar-refractivity contribution in [3.8, 4) is 17.2 Å². The van der Waals surface area contributed by atoms with Gasteiger partial charge in [-0.05, 0) is 44.2 Å². The summed E-state index contributed by atoms with van der Waals surface area (Å²) in [7, 11) is 0. The number of carbonyl (C=O) groups is 1. The molecule has 0 aliphatic carbocycles. The summed E-state index contributed by atoms with van der Waals surface area (Å²) in [6.07, 6.45) is 3.27. The van der Waals surface area contributed by atoms with Gasteiger partial charge in [0.15, 0.2) is 22.4 Å². The van der Waals surface area contributed by atoms with Crippen molar-refractivity contribution in [2.45, 2.75) is 25.5 Å². The van der Waals surface area contributed by atoms with Crippen molar-refractivity contribution in [2.75, 3.05) is 19.0 Å². The number of Topliss-reactive ketones (excluding diaryl/α,β-unsaturated/α-hetero) is 1. The van der Waals surface area contributed by atoms with E-state index < -0.39 is 0 Å². The molecule has 3 aromatic heterocycles. The molecule has 8 nitrogen and oxygen atoms in total. The van der Waals surface area contributed by atoms with Crippen LogP contribution < -0.4 is 9.47 Å². The van der Waals surface area contributed by atoms with Crippen molar-refractivity contribution >= 4 is 17.5 Å². The topological polar surface area (TPSA) is 84.3 Å². The molecule has 5 rings (SSSR count). The molecule has 1 aliphatic heterocycles. The Bertz CT molecular complexity index is 1260. The summed E-state index contributed by atoms with van der Waals surface area (Å²) < 4.78 is 20.7. The van der Waals surface area contributed by atoms with Crippen LogP contribution in [0.1, 0.15) is 27.5 Å². The first-order valence-electron chi connectivity index (χ1n) is 10.3. The van der Waals surface area contributed by atoms with Crippen molar-refractivity contribution in [2.24, 2.45) is 0 Å². The van der Waals surface area contributed by atoms with E-state index in [9.17, 15) is 4.79 Å². The molecule has 9 heteroatoms. The minimum absolute atomic E-state index is 0.0411. The van der Waals surface area contributed by atoms with E-state index in [2.05, 4.69) is 14.8 Å². The Labute approximate surface area is 189 Å². The second-order valence-corrected chi connectivity index (χ2v) is 8.42. The summed E-state index contributed by atoms with van der Waals surface area (Å²) in [6.45, 7) is 5.56. The van der Waals surface area contributed by atoms with Crippen LogP contribution in [0.25, 0.3) is 5.69 Å². The van der Waals surface area contributed by atoms with Crippen LogP contribution in [0.15, 0.2) is 58.6 Å². The molecule has 1 aromatic carbocycles. The van der Waals surface area contributed by atoms with Crippen LogP contribution >= 0.6 is 11.8 Å². The number of carbonyl (C=O) groups excluding carboxylic acids is 1. The fourth-order valence-corrected chi connectivity index (χ4v) is 4.65. The molecule has 32 heavy (non-hydrogen) atoms. The number of fused-ring (bicyclic) bond motifs is 1. The Morgan fingerprint density at radius 1 is 1.12 bits per heavy atom. The van der Waals surface area contributed by atoms with E-state index in [1.807, 2.05) is 54.8 Å². The number of benzene rings is 1. The van der Waals surface area contributed by atoms with E-state index in [-0.39, 0.29) is 11.5 Å². The zero-order chi connectivity index (χ0) is 22.1. The van der Waals surface area contributed by atoms with E-state index in [4.69, 9.17) is 13.9 Å². The van der Waals surface area contributed by atoms with Gasteiger partial charge in [0.2, 0.25) is 0 Å². The van der Waals surface area contributed by atoms with Gasteiger partial charge < -0.3 is 23.0 Å². The molecule has 164 valence electrons. The summed E-state index contributed by atoms with van der Waals surface area (Å²) in [5, 5.41) is 8.80. The standard InChI is InChI=1S/C23H22N4O4S/c1-15-10-19(16(2)27(15)17-5-6-21-22(11-17)31-9-8-30-21)20(28)13-32-23-25-24-14-26(23)12-18-4-3-7-29-18/h3-7,10-11,14H,8-9,12-13H2,1-2H3. The van der Waals surface area contributed by atoms with Crippen molar-refractivity contribution in [3.05, 3.63) is 71.7 Å². The molecule has 0 bridgehead atoms. The zero-order valence-corrected chi connectivity index (χ0v) is 18.6. The number of aryl methyl sites for hydroxylation is 1. The van der Waals surface area contributed by atoms with Gasteiger partial charge in [-0.25, -0.2) is 0 Å². The van der Waals surface area contributed by atoms with Crippen LogP contribution in [-0.4, -0.2) is 44.1 Å². The van der Waals surface area contributed by atoms with E-state index in [1.54, 1.807) is 12.6 Å². The first kappa shape index (κ1) is 20.4. The summed E-state index contributed by atoms with van der Waals surface area (Å²) >= 11 is 1.37. The third-order valence-corrected chi connectivity index (χ3v) is 6.32. The molecule has 0 N–H and O–H groups in total. The average Bonchev–Trinajstić information content (AvgIpc) is 3.53. The quantitative estimate of drug-likeness (QED) is 0.310. The lowest BCUT2D eigenvalue weighted by atomic mass is 10.2. The van der Waals surface area contributed by atoms with Gasteiger partial charge in [-0.2, -0.15) is 0 Å². The van der Waals surface area contributed by atoms with Crippen molar-refractivity contribution in [3.63, 3.8) is 0 Å². The third kappa shape index (κ3) is 3.91. The second-order valence-electron chi connectivity index (χ2n) is 7.48. The highest BCUT2D eigenvalue weighted by Crippen LogP contribution is 2.33.